The average Bonchev–Trinajstić information content (AvgIpc) is 2.67. The SMILES string of the molecule is Fc1ccc(Br)cc1-n1c(=S)[nH]c2cc(Br)cnc21. The molecule has 0 saturated heterocycles. The van der Waals surface area contributed by atoms with Crippen molar-refractivity contribution in [1.29, 1.82) is 0 Å². The zero-order valence-corrected chi connectivity index (χ0v) is 13.3. The Morgan fingerprint density at radius 3 is 2.79 bits per heavy atom. The third kappa shape index (κ3) is 2.26. The first-order valence-electron chi connectivity index (χ1n) is 5.28. The van der Waals surface area contributed by atoms with Crippen molar-refractivity contribution in [3.8, 4) is 5.69 Å². The molecule has 0 spiro atoms. The molecule has 3 nitrogen and oxygen atoms in total. The smallest absolute Gasteiger partial charge is 0.184 e. The molecule has 19 heavy (non-hydrogen) atoms. The Morgan fingerprint density at radius 2 is 2.00 bits per heavy atom. The maximum absolute atomic E-state index is 14.0. The second-order valence-electron chi connectivity index (χ2n) is 3.89. The van der Waals surface area contributed by atoms with Crippen LogP contribution in [-0.4, -0.2) is 14.5 Å². The fourth-order valence-electron chi connectivity index (χ4n) is 1.85. The first-order chi connectivity index (χ1) is 9.06. The van der Waals surface area contributed by atoms with Crippen LogP contribution >= 0.6 is 44.1 Å². The zero-order chi connectivity index (χ0) is 13.6. The highest BCUT2D eigenvalue weighted by atomic mass is 79.9. The molecule has 0 fully saturated rings. The highest BCUT2D eigenvalue weighted by Gasteiger charge is 2.12. The van der Waals surface area contributed by atoms with Crippen molar-refractivity contribution in [2.75, 3.05) is 0 Å². The molecular formula is C12H6Br2FN3S. The minimum atomic E-state index is -0.357. The van der Waals surface area contributed by atoms with E-state index >= 15 is 0 Å². The number of imidazole rings is 1. The molecule has 0 unspecified atom stereocenters. The number of rotatable bonds is 1. The van der Waals surface area contributed by atoms with E-state index in [0.717, 1.165) is 14.5 Å². The van der Waals surface area contributed by atoms with Crippen LogP contribution < -0.4 is 0 Å². The fourth-order valence-corrected chi connectivity index (χ4v) is 2.83. The maximum atomic E-state index is 14.0. The van der Waals surface area contributed by atoms with Crippen LogP contribution in [-0.2, 0) is 0 Å². The number of hydrogen-bond donors (Lipinski definition) is 1. The third-order valence-electron chi connectivity index (χ3n) is 2.64. The third-order valence-corrected chi connectivity index (χ3v) is 3.85. The molecule has 2 heterocycles. The molecule has 0 saturated carbocycles. The van der Waals surface area contributed by atoms with E-state index in [1.54, 1.807) is 22.9 Å². The van der Waals surface area contributed by atoms with Crippen LogP contribution in [0.15, 0.2) is 39.4 Å². The summed E-state index contributed by atoms with van der Waals surface area (Å²) in [6.45, 7) is 0. The van der Waals surface area contributed by atoms with Gasteiger partial charge >= 0.3 is 0 Å². The Labute approximate surface area is 129 Å². The van der Waals surface area contributed by atoms with E-state index in [0.29, 0.717) is 16.1 Å². The highest BCUT2D eigenvalue weighted by molar-refractivity contribution is 9.10. The van der Waals surface area contributed by atoms with E-state index in [-0.39, 0.29) is 5.82 Å². The molecule has 7 heteroatoms. The van der Waals surface area contributed by atoms with Crippen molar-refractivity contribution in [1.82, 2.24) is 14.5 Å². The zero-order valence-electron chi connectivity index (χ0n) is 9.32. The van der Waals surface area contributed by atoms with Crippen molar-refractivity contribution >= 4 is 55.2 Å². The van der Waals surface area contributed by atoms with E-state index in [1.807, 2.05) is 6.07 Å². The van der Waals surface area contributed by atoms with Gasteiger partial charge in [-0.3, -0.25) is 4.57 Å². The Morgan fingerprint density at radius 1 is 1.21 bits per heavy atom. The summed E-state index contributed by atoms with van der Waals surface area (Å²) in [5, 5.41) is 0. The first kappa shape index (κ1) is 13.0. The Bertz CT molecular complexity index is 841. The van der Waals surface area contributed by atoms with Crippen LogP contribution in [0.4, 0.5) is 4.39 Å². The van der Waals surface area contributed by atoms with Gasteiger partial charge in [0.1, 0.15) is 5.82 Å². The average molecular weight is 403 g/mol. The van der Waals surface area contributed by atoms with Gasteiger partial charge < -0.3 is 4.98 Å². The molecule has 96 valence electrons. The molecule has 1 N–H and O–H groups in total. The first-order valence-corrected chi connectivity index (χ1v) is 7.27. The minimum absolute atomic E-state index is 0.357. The lowest BCUT2D eigenvalue weighted by Crippen LogP contribution is -1.99. The summed E-state index contributed by atoms with van der Waals surface area (Å²) < 4.78 is 17.6. The van der Waals surface area contributed by atoms with Crippen molar-refractivity contribution in [3.05, 3.63) is 50.0 Å². The molecule has 0 aliphatic carbocycles. The van der Waals surface area contributed by atoms with Gasteiger partial charge in [-0.2, -0.15) is 0 Å². The van der Waals surface area contributed by atoms with Crippen molar-refractivity contribution in [2.24, 2.45) is 0 Å². The summed E-state index contributed by atoms with van der Waals surface area (Å²) in [6, 6.07) is 6.55. The summed E-state index contributed by atoms with van der Waals surface area (Å²) >= 11 is 11.9. The van der Waals surface area contributed by atoms with Crippen LogP contribution in [0, 0.1) is 10.6 Å². The maximum Gasteiger partial charge on any atom is 0.184 e. The van der Waals surface area contributed by atoms with Crippen LogP contribution in [0.5, 0.6) is 0 Å². The van der Waals surface area contributed by atoms with Crippen LogP contribution in [0.25, 0.3) is 16.9 Å². The van der Waals surface area contributed by atoms with Gasteiger partial charge in [0.25, 0.3) is 0 Å². The summed E-state index contributed by atoms with van der Waals surface area (Å²) in [6.07, 6.45) is 1.65. The Hall–Kier alpha value is -1.05. The van der Waals surface area contributed by atoms with Crippen molar-refractivity contribution < 1.29 is 4.39 Å². The largest absolute Gasteiger partial charge is 0.329 e. The summed E-state index contributed by atoms with van der Waals surface area (Å²) in [7, 11) is 0. The molecular weight excluding hydrogens is 397 g/mol. The molecule has 3 aromatic rings. The number of halogens is 3. The molecule has 0 aliphatic heterocycles. The van der Waals surface area contributed by atoms with Gasteiger partial charge in [-0.05, 0) is 52.4 Å². The van der Waals surface area contributed by atoms with Crippen molar-refractivity contribution in [2.45, 2.75) is 0 Å². The lowest BCUT2D eigenvalue weighted by molar-refractivity contribution is 0.618. The van der Waals surface area contributed by atoms with E-state index in [1.165, 1.54) is 6.07 Å². The monoisotopic (exact) mass is 401 g/mol. The van der Waals surface area contributed by atoms with Crippen LogP contribution in [0.1, 0.15) is 0 Å². The van der Waals surface area contributed by atoms with E-state index in [4.69, 9.17) is 12.2 Å². The molecule has 0 aliphatic rings. The van der Waals surface area contributed by atoms with Gasteiger partial charge in [0.2, 0.25) is 0 Å². The van der Waals surface area contributed by atoms with Gasteiger partial charge in [-0.15, -0.1) is 0 Å². The number of fused-ring (bicyclic) bond motifs is 1. The number of nitrogens with zero attached hydrogens (tertiary/aromatic N) is 2. The molecule has 0 amide bonds. The van der Waals surface area contributed by atoms with E-state index < -0.39 is 0 Å². The topological polar surface area (TPSA) is 33.6 Å². The second kappa shape index (κ2) is 4.81. The molecule has 0 radical (unpaired) electrons. The van der Waals surface area contributed by atoms with Crippen LogP contribution in [0.2, 0.25) is 0 Å². The Kier molecular flexibility index (Phi) is 3.28. The second-order valence-corrected chi connectivity index (χ2v) is 6.10. The number of H-pyrrole nitrogens is 1. The highest BCUT2D eigenvalue weighted by Crippen LogP contribution is 2.24. The summed E-state index contributed by atoms with van der Waals surface area (Å²) in [5.41, 5.74) is 1.70. The standard InChI is InChI=1S/C12H6Br2FN3S/c13-6-1-2-8(15)10(4-6)18-11-9(17-12(18)19)3-7(14)5-16-11/h1-5H,(H,17,19). The van der Waals surface area contributed by atoms with E-state index in [2.05, 4.69) is 41.8 Å². The number of nitrogens with one attached hydrogen (secondary N) is 1. The molecule has 2 aromatic heterocycles. The lowest BCUT2D eigenvalue weighted by Gasteiger charge is -2.06. The number of pyridine rings is 1. The van der Waals surface area contributed by atoms with Gasteiger partial charge in [0, 0.05) is 15.1 Å². The number of hydrogen-bond acceptors (Lipinski definition) is 2. The van der Waals surface area contributed by atoms with Gasteiger partial charge in [0.15, 0.2) is 10.4 Å². The summed E-state index contributed by atoms with van der Waals surface area (Å²) in [4.78, 5) is 7.30. The van der Waals surface area contributed by atoms with Gasteiger partial charge in [-0.1, -0.05) is 15.9 Å². The number of aromatic nitrogens is 3. The number of benzene rings is 1. The molecule has 0 atom stereocenters. The fraction of sp³-hybridized carbons (Fsp3) is 0. The predicted octanol–water partition coefficient (Wildman–Crippen LogP) is 4.75. The van der Waals surface area contributed by atoms with Gasteiger partial charge in [-0.25, -0.2) is 9.37 Å². The molecule has 3 rings (SSSR count). The molecule has 1 aromatic carbocycles. The normalized spacial score (nSPS) is 11.1. The van der Waals surface area contributed by atoms with E-state index in [9.17, 15) is 4.39 Å². The Balaban J connectivity index is 2.39. The lowest BCUT2D eigenvalue weighted by atomic mass is 10.3. The number of aromatic amines is 1. The summed E-state index contributed by atoms with van der Waals surface area (Å²) in [5.74, 6) is -0.357. The quantitative estimate of drug-likeness (QED) is 0.596. The predicted molar refractivity (Wildman–Crippen MR) is 81.6 cm³/mol. The molecule has 0 bridgehead atoms. The minimum Gasteiger partial charge on any atom is -0.329 e. The van der Waals surface area contributed by atoms with Crippen molar-refractivity contribution in [3.63, 3.8) is 0 Å². The van der Waals surface area contributed by atoms with Crippen LogP contribution in [0.3, 0.4) is 0 Å². The van der Waals surface area contributed by atoms with Gasteiger partial charge in [0.05, 0.1) is 11.2 Å².